The van der Waals surface area contributed by atoms with Crippen LogP contribution >= 0.6 is 0 Å². The SMILES string of the molecule is CC(C)CNCc1cc(COC(C)CC(C)C)on1. The van der Waals surface area contributed by atoms with Gasteiger partial charge in [-0.15, -0.1) is 0 Å². The normalized spacial score (nSPS) is 13.4. The summed E-state index contributed by atoms with van der Waals surface area (Å²) in [7, 11) is 0. The molecule has 0 radical (unpaired) electrons. The fourth-order valence-corrected chi connectivity index (χ4v) is 1.95. The van der Waals surface area contributed by atoms with Gasteiger partial charge in [0.2, 0.25) is 0 Å². The van der Waals surface area contributed by atoms with Gasteiger partial charge in [0.25, 0.3) is 0 Å². The molecule has 1 aromatic heterocycles. The Kier molecular flexibility index (Phi) is 7.10. The first-order valence-electron chi connectivity index (χ1n) is 7.24. The van der Waals surface area contributed by atoms with Gasteiger partial charge in [0, 0.05) is 12.6 Å². The van der Waals surface area contributed by atoms with E-state index < -0.39 is 0 Å². The maximum atomic E-state index is 5.74. The van der Waals surface area contributed by atoms with E-state index in [0.29, 0.717) is 18.4 Å². The molecule has 1 N–H and O–H groups in total. The zero-order valence-corrected chi connectivity index (χ0v) is 12.9. The van der Waals surface area contributed by atoms with Crippen molar-refractivity contribution in [1.82, 2.24) is 10.5 Å². The lowest BCUT2D eigenvalue weighted by molar-refractivity contribution is 0.0277. The predicted octanol–water partition coefficient (Wildman–Crippen LogP) is 3.37. The van der Waals surface area contributed by atoms with Crippen LogP contribution in [0.4, 0.5) is 0 Å². The molecule has 0 aliphatic carbocycles. The molecule has 19 heavy (non-hydrogen) atoms. The van der Waals surface area contributed by atoms with E-state index in [2.05, 4.69) is 45.1 Å². The monoisotopic (exact) mass is 268 g/mol. The largest absolute Gasteiger partial charge is 0.370 e. The van der Waals surface area contributed by atoms with Crippen molar-refractivity contribution in [2.45, 2.75) is 60.3 Å². The number of ether oxygens (including phenoxy) is 1. The molecule has 4 heteroatoms. The molecule has 4 nitrogen and oxygen atoms in total. The van der Waals surface area contributed by atoms with Gasteiger partial charge in [-0.25, -0.2) is 0 Å². The van der Waals surface area contributed by atoms with Gasteiger partial charge in [0.05, 0.1) is 11.8 Å². The summed E-state index contributed by atoms with van der Waals surface area (Å²) < 4.78 is 11.0. The van der Waals surface area contributed by atoms with Crippen LogP contribution in [0.5, 0.6) is 0 Å². The Morgan fingerprint density at radius 3 is 2.58 bits per heavy atom. The lowest BCUT2D eigenvalue weighted by Gasteiger charge is -2.13. The molecule has 1 rings (SSSR count). The van der Waals surface area contributed by atoms with Gasteiger partial charge in [-0.05, 0) is 31.7 Å². The molecule has 110 valence electrons. The molecule has 0 aliphatic rings. The highest BCUT2D eigenvalue weighted by molar-refractivity contribution is 5.04. The first kappa shape index (κ1) is 16.2. The van der Waals surface area contributed by atoms with Crippen molar-refractivity contribution >= 4 is 0 Å². The molecule has 0 saturated carbocycles. The van der Waals surface area contributed by atoms with Crippen LogP contribution in [-0.2, 0) is 17.9 Å². The molecule has 0 fully saturated rings. The third-order valence-electron chi connectivity index (χ3n) is 2.78. The number of rotatable bonds is 9. The van der Waals surface area contributed by atoms with Crippen molar-refractivity contribution in [3.63, 3.8) is 0 Å². The molecular weight excluding hydrogens is 240 g/mol. The highest BCUT2D eigenvalue weighted by Crippen LogP contribution is 2.11. The van der Waals surface area contributed by atoms with Gasteiger partial charge in [0.15, 0.2) is 5.76 Å². The van der Waals surface area contributed by atoms with Crippen molar-refractivity contribution < 1.29 is 9.26 Å². The van der Waals surface area contributed by atoms with E-state index in [0.717, 1.165) is 31.0 Å². The second-order valence-corrected chi connectivity index (χ2v) is 6.06. The maximum Gasteiger partial charge on any atom is 0.162 e. The van der Waals surface area contributed by atoms with Crippen molar-refractivity contribution in [2.24, 2.45) is 11.8 Å². The minimum Gasteiger partial charge on any atom is -0.370 e. The van der Waals surface area contributed by atoms with E-state index in [-0.39, 0.29) is 6.10 Å². The number of nitrogens with zero attached hydrogens (tertiary/aromatic N) is 1. The number of hydrogen-bond acceptors (Lipinski definition) is 4. The quantitative estimate of drug-likeness (QED) is 0.746. The Morgan fingerprint density at radius 2 is 1.95 bits per heavy atom. The molecule has 1 heterocycles. The topological polar surface area (TPSA) is 47.3 Å². The van der Waals surface area contributed by atoms with Gasteiger partial charge >= 0.3 is 0 Å². The Bertz CT molecular complexity index is 348. The van der Waals surface area contributed by atoms with Gasteiger partial charge in [-0.3, -0.25) is 0 Å². The van der Waals surface area contributed by atoms with Gasteiger partial charge < -0.3 is 14.6 Å². The summed E-state index contributed by atoms with van der Waals surface area (Å²) in [6.45, 7) is 13.1. The molecule has 0 aliphatic heterocycles. The number of nitrogens with one attached hydrogen (secondary N) is 1. The minimum absolute atomic E-state index is 0.257. The van der Waals surface area contributed by atoms with E-state index in [1.807, 2.05) is 6.07 Å². The zero-order valence-electron chi connectivity index (χ0n) is 12.9. The van der Waals surface area contributed by atoms with Crippen LogP contribution in [0.3, 0.4) is 0 Å². The Labute approximate surface area is 116 Å². The van der Waals surface area contributed by atoms with E-state index >= 15 is 0 Å². The second-order valence-electron chi connectivity index (χ2n) is 6.06. The molecule has 0 amide bonds. The average Bonchev–Trinajstić information content (AvgIpc) is 2.73. The smallest absolute Gasteiger partial charge is 0.162 e. The molecule has 1 aromatic rings. The van der Waals surface area contributed by atoms with Crippen molar-refractivity contribution in [2.75, 3.05) is 6.54 Å². The summed E-state index contributed by atoms with van der Waals surface area (Å²) in [4.78, 5) is 0. The predicted molar refractivity (Wildman–Crippen MR) is 76.8 cm³/mol. The Balaban J connectivity index is 2.26. The average molecular weight is 268 g/mol. The van der Waals surface area contributed by atoms with Crippen LogP contribution < -0.4 is 5.32 Å². The number of hydrogen-bond donors (Lipinski definition) is 1. The van der Waals surface area contributed by atoms with E-state index in [9.17, 15) is 0 Å². The molecule has 0 saturated heterocycles. The van der Waals surface area contributed by atoms with E-state index in [4.69, 9.17) is 9.26 Å². The number of aromatic nitrogens is 1. The maximum absolute atomic E-state index is 5.74. The standard InChI is InChI=1S/C15H28N2O2/c1-11(2)6-13(5)18-10-15-7-14(17-19-15)9-16-8-12(3)4/h7,11-13,16H,6,8-10H2,1-5H3. The van der Waals surface area contributed by atoms with Crippen LogP contribution in [0.25, 0.3) is 0 Å². The summed E-state index contributed by atoms with van der Waals surface area (Å²) in [5.41, 5.74) is 0.941. The van der Waals surface area contributed by atoms with Crippen molar-refractivity contribution in [3.05, 3.63) is 17.5 Å². The van der Waals surface area contributed by atoms with Crippen LogP contribution in [0, 0.1) is 11.8 Å². The summed E-state index contributed by atoms with van der Waals surface area (Å²) in [5.74, 6) is 2.10. The summed E-state index contributed by atoms with van der Waals surface area (Å²) in [6, 6.07) is 1.97. The lowest BCUT2D eigenvalue weighted by Crippen LogP contribution is -2.19. The van der Waals surface area contributed by atoms with Crippen molar-refractivity contribution in [1.29, 1.82) is 0 Å². The zero-order chi connectivity index (χ0) is 14.3. The summed E-state index contributed by atoms with van der Waals surface area (Å²) in [5, 5.41) is 7.38. The third-order valence-corrected chi connectivity index (χ3v) is 2.78. The Morgan fingerprint density at radius 1 is 1.21 bits per heavy atom. The van der Waals surface area contributed by atoms with Gasteiger partial charge in [-0.1, -0.05) is 32.9 Å². The molecule has 0 aromatic carbocycles. The van der Waals surface area contributed by atoms with E-state index in [1.54, 1.807) is 0 Å². The van der Waals surface area contributed by atoms with Gasteiger partial charge in [0.1, 0.15) is 6.61 Å². The first-order chi connectivity index (χ1) is 8.97. The van der Waals surface area contributed by atoms with Crippen LogP contribution in [0.15, 0.2) is 10.6 Å². The fraction of sp³-hybridized carbons (Fsp3) is 0.800. The first-order valence-corrected chi connectivity index (χ1v) is 7.24. The molecule has 0 bridgehead atoms. The van der Waals surface area contributed by atoms with Crippen LogP contribution in [-0.4, -0.2) is 17.8 Å². The third kappa shape index (κ3) is 7.33. The lowest BCUT2D eigenvalue weighted by atomic mass is 10.1. The van der Waals surface area contributed by atoms with Crippen molar-refractivity contribution in [3.8, 4) is 0 Å². The molecule has 0 spiro atoms. The Hall–Kier alpha value is -0.870. The minimum atomic E-state index is 0.257. The summed E-state index contributed by atoms with van der Waals surface area (Å²) in [6.07, 6.45) is 1.32. The molecule has 1 atom stereocenters. The molecular formula is C15H28N2O2. The highest BCUT2D eigenvalue weighted by atomic mass is 16.5. The van der Waals surface area contributed by atoms with Crippen LogP contribution in [0.1, 0.15) is 52.5 Å². The molecule has 1 unspecified atom stereocenters. The summed E-state index contributed by atoms with van der Waals surface area (Å²) >= 11 is 0. The van der Waals surface area contributed by atoms with Gasteiger partial charge in [-0.2, -0.15) is 0 Å². The van der Waals surface area contributed by atoms with Crippen LogP contribution in [0.2, 0.25) is 0 Å². The second kappa shape index (κ2) is 8.33. The van der Waals surface area contributed by atoms with E-state index in [1.165, 1.54) is 0 Å². The fourth-order valence-electron chi connectivity index (χ4n) is 1.95. The highest BCUT2D eigenvalue weighted by Gasteiger charge is 2.09.